The predicted octanol–water partition coefficient (Wildman–Crippen LogP) is 1.56. The van der Waals surface area contributed by atoms with E-state index in [-0.39, 0.29) is 18.6 Å². The van der Waals surface area contributed by atoms with Crippen molar-refractivity contribution in [1.82, 2.24) is 0 Å². The van der Waals surface area contributed by atoms with Gasteiger partial charge in [0.25, 0.3) is 0 Å². The van der Waals surface area contributed by atoms with Gasteiger partial charge in [0.05, 0.1) is 18.8 Å². The number of nitroso groups, excluding NO2 is 1. The van der Waals surface area contributed by atoms with Gasteiger partial charge in [0.2, 0.25) is 0 Å². The van der Waals surface area contributed by atoms with Crippen LogP contribution in [0.4, 0.5) is 0 Å². The standard InChI is InChI=1S/C9H19NO3/c1-7(6-10-12)4-9(11)5-8(2)13-3/h7-9,11H,4-6H2,1-3H3/t7-,8?,9?/m1/s1. The normalized spacial score (nSPS) is 17.8. The summed E-state index contributed by atoms with van der Waals surface area (Å²) in [7, 11) is 1.62. The van der Waals surface area contributed by atoms with Gasteiger partial charge in [-0.15, -0.1) is 0 Å². The third kappa shape index (κ3) is 6.66. The van der Waals surface area contributed by atoms with Crippen LogP contribution in [-0.2, 0) is 4.74 Å². The van der Waals surface area contributed by atoms with E-state index >= 15 is 0 Å². The second kappa shape index (κ2) is 6.97. The van der Waals surface area contributed by atoms with Crippen LogP contribution in [0.15, 0.2) is 5.18 Å². The second-order valence-corrected chi connectivity index (χ2v) is 3.59. The molecule has 0 aliphatic heterocycles. The SMILES string of the molecule is COC(C)CC(O)C[C@@H](C)CN=O. The number of hydrogen-bond donors (Lipinski definition) is 1. The quantitative estimate of drug-likeness (QED) is 0.618. The van der Waals surface area contributed by atoms with Gasteiger partial charge < -0.3 is 9.84 Å². The molecule has 2 unspecified atom stereocenters. The van der Waals surface area contributed by atoms with E-state index < -0.39 is 6.10 Å². The molecule has 0 heterocycles. The Morgan fingerprint density at radius 2 is 2.00 bits per heavy atom. The van der Waals surface area contributed by atoms with Gasteiger partial charge in [-0.25, -0.2) is 0 Å². The summed E-state index contributed by atoms with van der Waals surface area (Å²) in [6, 6.07) is 0. The lowest BCUT2D eigenvalue weighted by Crippen LogP contribution is -2.20. The fourth-order valence-corrected chi connectivity index (χ4v) is 1.24. The second-order valence-electron chi connectivity index (χ2n) is 3.59. The molecule has 78 valence electrons. The van der Waals surface area contributed by atoms with Crippen molar-refractivity contribution in [3.05, 3.63) is 4.91 Å². The molecule has 0 amide bonds. The number of hydrogen-bond acceptors (Lipinski definition) is 4. The summed E-state index contributed by atoms with van der Waals surface area (Å²) in [4.78, 5) is 9.92. The molecule has 0 aromatic carbocycles. The highest BCUT2D eigenvalue weighted by molar-refractivity contribution is 4.66. The molecule has 1 N–H and O–H groups in total. The molecular formula is C9H19NO3. The zero-order valence-corrected chi connectivity index (χ0v) is 8.56. The first-order valence-electron chi connectivity index (χ1n) is 4.60. The smallest absolute Gasteiger partial charge is 0.0837 e. The first-order valence-corrected chi connectivity index (χ1v) is 4.60. The molecular weight excluding hydrogens is 170 g/mol. The zero-order valence-electron chi connectivity index (χ0n) is 8.56. The maximum atomic E-state index is 9.92. The number of aliphatic hydroxyl groups is 1. The number of methoxy groups -OCH3 is 1. The van der Waals surface area contributed by atoms with Crippen LogP contribution in [0.1, 0.15) is 26.7 Å². The summed E-state index contributed by atoms with van der Waals surface area (Å²) < 4.78 is 5.02. The van der Waals surface area contributed by atoms with Gasteiger partial charge in [-0.3, -0.25) is 0 Å². The summed E-state index contributed by atoms with van der Waals surface area (Å²) in [5.74, 6) is 0.150. The van der Waals surface area contributed by atoms with Crippen molar-refractivity contribution in [1.29, 1.82) is 0 Å². The molecule has 0 radical (unpaired) electrons. The third-order valence-corrected chi connectivity index (χ3v) is 2.07. The summed E-state index contributed by atoms with van der Waals surface area (Å²) in [5.41, 5.74) is 0. The molecule has 3 atom stereocenters. The van der Waals surface area contributed by atoms with Crippen LogP contribution in [0.5, 0.6) is 0 Å². The van der Waals surface area contributed by atoms with E-state index in [4.69, 9.17) is 4.74 Å². The molecule has 0 saturated heterocycles. The van der Waals surface area contributed by atoms with E-state index in [2.05, 4.69) is 5.18 Å². The van der Waals surface area contributed by atoms with Gasteiger partial charge in [-0.1, -0.05) is 12.1 Å². The minimum Gasteiger partial charge on any atom is -0.393 e. The van der Waals surface area contributed by atoms with Gasteiger partial charge in [-0.05, 0) is 25.7 Å². The lowest BCUT2D eigenvalue weighted by Gasteiger charge is -2.17. The van der Waals surface area contributed by atoms with Crippen molar-refractivity contribution >= 4 is 0 Å². The van der Waals surface area contributed by atoms with Crippen LogP contribution in [0, 0.1) is 10.8 Å². The molecule has 0 aliphatic carbocycles. The van der Waals surface area contributed by atoms with Crippen molar-refractivity contribution in [3.8, 4) is 0 Å². The molecule has 4 nitrogen and oxygen atoms in total. The minimum absolute atomic E-state index is 0.0615. The molecule has 0 aromatic rings. The topological polar surface area (TPSA) is 58.9 Å². The first kappa shape index (κ1) is 12.5. The maximum absolute atomic E-state index is 9.92. The van der Waals surface area contributed by atoms with Crippen LogP contribution in [-0.4, -0.2) is 31.0 Å². The highest BCUT2D eigenvalue weighted by Crippen LogP contribution is 2.11. The molecule has 0 aromatic heterocycles. The van der Waals surface area contributed by atoms with Crippen LogP contribution < -0.4 is 0 Å². The summed E-state index contributed by atoms with van der Waals surface area (Å²) >= 11 is 0. The Morgan fingerprint density at radius 3 is 2.46 bits per heavy atom. The highest BCUT2D eigenvalue weighted by Gasteiger charge is 2.13. The number of aliphatic hydroxyl groups excluding tert-OH is 1. The van der Waals surface area contributed by atoms with Gasteiger partial charge in [0.15, 0.2) is 0 Å². The average molecular weight is 189 g/mol. The van der Waals surface area contributed by atoms with Crippen LogP contribution in [0.2, 0.25) is 0 Å². The molecule has 0 fully saturated rings. The summed E-state index contributed by atoms with van der Waals surface area (Å²) in [6.45, 7) is 4.09. The van der Waals surface area contributed by atoms with E-state index in [0.717, 1.165) is 0 Å². The van der Waals surface area contributed by atoms with Crippen LogP contribution >= 0.6 is 0 Å². The lowest BCUT2D eigenvalue weighted by atomic mass is 10.0. The Balaban J connectivity index is 3.59. The van der Waals surface area contributed by atoms with Crippen LogP contribution in [0.25, 0.3) is 0 Å². The maximum Gasteiger partial charge on any atom is 0.0837 e. The molecule has 0 bridgehead atoms. The summed E-state index contributed by atoms with van der Waals surface area (Å²) in [6.07, 6.45) is 0.886. The number of rotatable bonds is 7. The zero-order chi connectivity index (χ0) is 10.3. The van der Waals surface area contributed by atoms with Crippen molar-refractivity contribution in [3.63, 3.8) is 0 Å². The Kier molecular flexibility index (Phi) is 6.72. The molecule has 0 rings (SSSR count). The minimum atomic E-state index is -0.397. The van der Waals surface area contributed by atoms with Crippen molar-refractivity contribution < 1.29 is 9.84 Å². The fraction of sp³-hybridized carbons (Fsp3) is 1.00. The Bertz CT molecular complexity index is 141. The van der Waals surface area contributed by atoms with Gasteiger partial charge in [0.1, 0.15) is 0 Å². The number of nitrogens with zero attached hydrogens (tertiary/aromatic N) is 1. The Labute approximate surface area is 79.3 Å². The van der Waals surface area contributed by atoms with E-state index in [1.54, 1.807) is 7.11 Å². The molecule has 0 spiro atoms. The molecule has 0 saturated carbocycles. The average Bonchev–Trinajstić information content (AvgIpc) is 2.04. The first-order chi connectivity index (χ1) is 6.10. The molecule has 4 heteroatoms. The molecule has 13 heavy (non-hydrogen) atoms. The van der Waals surface area contributed by atoms with Gasteiger partial charge in [0, 0.05) is 7.11 Å². The number of ether oxygens (including phenoxy) is 1. The van der Waals surface area contributed by atoms with E-state index in [1.807, 2.05) is 13.8 Å². The van der Waals surface area contributed by atoms with E-state index in [9.17, 15) is 10.0 Å². The highest BCUT2D eigenvalue weighted by atomic mass is 16.5. The van der Waals surface area contributed by atoms with E-state index in [0.29, 0.717) is 12.8 Å². The fourth-order valence-electron chi connectivity index (χ4n) is 1.24. The molecule has 0 aliphatic rings. The van der Waals surface area contributed by atoms with Gasteiger partial charge >= 0.3 is 0 Å². The Morgan fingerprint density at radius 1 is 1.38 bits per heavy atom. The third-order valence-electron chi connectivity index (χ3n) is 2.07. The largest absolute Gasteiger partial charge is 0.393 e. The monoisotopic (exact) mass is 189 g/mol. The Hall–Kier alpha value is -0.480. The van der Waals surface area contributed by atoms with Crippen molar-refractivity contribution in [2.24, 2.45) is 11.1 Å². The van der Waals surface area contributed by atoms with Crippen LogP contribution in [0.3, 0.4) is 0 Å². The van der Waals surface area contributed by atoms with E-state index in [1.165, 1.54) is 0 Å². The summed E-state index contributed by atoms with van der Waals surface area (Å²) in [5, 5.41) is 12.3. The van der Waals surface area contributed by atoms with Gasteiger partial charge in [-0.2, -0.15) is 4.91 Å². The van der Waals surface area contributed by atoms with Crippen molar-refractivity contribution in [2.45, 2.75) is 38.9 Å². The lowest BCUT2D eigenvalue weighted by molar-refractivity contribution is 0.0472. The predicted molar refractivity (Wildman–Crippen MR) is 51.5 cm³/mol. The van der Waals surface area contributed by atoms with Crippen molar-refractivity contribution in [2.75, 3.05) is 13.7 Å².